The van der Waals surface area contributed by atoms with Crippen molar-refractivity contribution in [2.75, 3.05) is 13.6 Å². The first-order valence-electron chi connectivity index (χ1n) is 5.60. The fourth-order valence-corrected chi connectivity index (χ4v) is 1.81. The first kappa shape index (κ1) is 5.97. The predicted molar refractivity (Wildman–Crippen MR) is 46.9 cm³/mol. The monoisotopic (exact) mass is 174 g/mol. The molecule has 12 heavy (non-hydrogen) atoms. The smallest absolute Gasteiger partial charge is 0.219 e. The van der Waals surface area contributed by atoms with Gasteiger partial charge in [-0.3, -0.25) is 4.79 Å². The molecular formula is C9H17NO2. The Kier molecular flexibility index (Phi) is 1.52. The van der Waals surface area contributed by atoms with Gasteiger partial charge in [-0.1, -0.05) is 0 Å². The van der Waals surface area contributed by atoms with Gasteiger partial charge in [0.05, 0.1) is 9.71 Å². The van der Waals surface area contributed by atoms with Crippen molar-refractivity contribution in [3.8, 4) is 0 Å². The van der Waals surface area contributed by atoms with Crippen LogP contribution >= 0.6 is 0 Å². The lowest BCUT2D eigenvalue weighted by Gasteiger charge is -2.22. The molecule has 3 nitrogen and oxygen atoms in total. The molecule has 0 aromatic rings. The highest BCUT2D eigenvalue weighted by Gasteiger charge is 2.39. The van der Waals surface area contributed by atoms with E-state index in [0.29, 0.717) is 13.0 Å². The first-order valence-corrected chi connectivity index (χ1v) is 4.10. The van der Waals surface area contributed by atoms with Gasteiger partial charge in [-0.15, -0.1) is 0 Å². The molecule has 1 heterocycles. The van der Waals surface area contributed by atoms with Gasteiger partial charge in [0.2, 0.25) is 5.91 Å². The summed E-state index contributed by atoms with van der Waals surface area (Å²) < 4.78 is 26.2. The third-order valence-electron chi connectivity index (χ3n) is 2.41. The Morgan fingerprint density at radius 3 is 2.92 bits per heavy atom. The van der Waals surface area contributed by atoms with Crippen molar-refractivity contribution < 1.29 is 13.6 Å². The summed E-state index contributed by atoms with van der Waals surface area (Å²) in [6, 6.07) is 0.0369. The quantitative estimate of drug-likeness (QED) is 0.594. The van der Waals surface area contributed by atoms with Gasteiger partial charge in [0, 0.05) is 26.5 Å². The Balaban J connectivity index is 2.71. The largest absolute Gasteiger partial charge is 0.377 e. The van der Waals surface area contributed by atoms with Crippen LogP contribution in [0.2, 0.25) is 0 Å². The number of ether oxygens (including phenoxy) is 1. The molecular weight excluding hydrogens is 154 g/mol. The molecule has 1 amide bonds. The summed E-state index contributed by atoms with van der Waals surface area (Å²) in [5, 5.41) is 0. The van der Waals surface area contributed by atoms with Crippen molar-refractivity contribution in [2.24, 2.45) is 0 Å². The van der Waals surface area contributed by atoms with E-state index in [1.165, 1.54) is 6.92 Å². The fourth-order valence-electron chi connectivity index (χ4n) is 1.81. The normalized spacial score (nSPS) is 40.4. The minimum Gasteiger partial charge on any atom is -0.377 e. The first-order chi connectivity index (χ1) is 6.63. The van der Waals surface area contributed by atoms with Crippen molar-refractivity contribution in [3.05, 3.63) is 0 Å². The van der Waals surface area contributed by atoms with Crippen LogP contribution in [-0.2, 0) is 9.53 Å². The number of rotatable bonds is 1. The molecule has 0 N–H and O–H groups in total. The van der Waals surface area contributed by atoms with Gasteiger partial charge in [-0.25, -0.2) is 0 Å². The zero-order valence-electron chi connectivity index (χ0n) is 10.8. The SMILES string of the molecule is [2H]C([2H])([2H])OC1(C)C[C@H](C)N(C(C)=O)C1. The van der Waals surface area contributed by atoms with E-state index in [0.717, 1.165) is 0 Å². The van der Waals surface area contributed by atoms with Crippen molar-refractivity contribution >= 4 is 5.91 Å². The Hall–Kier alpha value is -0.570. The molecule has 1 rings (SSSR count). The molecule has 1 fully saturated rings. The average molecular weight is 174 g/mol. The molecule has 0 saturated carbocycles. The lowest BCUT2D eigenvalue weighted by atomic mass is 10.0. The lowest BCUT2D eigenvalue weighted by molar-refractivity contribution is -0.130. The van der Waals surface area contributed by atoms with Crippen LogP contribution in [0.3, 0.4) is 0 Å². The van der Waals surface area contributed by atoms with Crippen LogP contribution in [-0.4, -0.2) is 36.0 Å². The van der Waals surface area contributed by atoms with E-state index in [4.69, 9.17) is 8.85 Å². The number of methoxy groups -OCH3 is 1. The summed E-state index contributed by atoms with van der Waals surface area (Å²) in [5.74, 6) is -0.0413. The zero-order chi connectivity index (χ0) is 11.9. The molecule has 1 aliphatic rings. The van der Waals surface area contributed by atoms with Crippen molar-refractivity contribution in [3.63, 3.8) is 0 Å². The van der Waals surface area contributed by atoms with Gasteiger partial charge >= 0.3 is 0 Å². The predicted octanol–water partition coefficient (Wildman–Crippen LogP) is 1.03. The Morgan fingerprint density at radius 1 is 1.83 bits per heavy atom. The van der Waals surface area contributed by atoms with Gasteiger partial charge in [-0.2, -0.15) is 0 Å². The third-order valence-corrected chi connectivity index (χ3v) is 2.41. The summed E-state index contributed by atoms with van der Waals surface area (Å²) in [7, 11) is -2.40. The van der Waals surface area contributed by atoms with E-state index in [-0.39, 0.29) is 11.9 Å². The van der Waals surface area contributed by atoms with Crippen LogP contribution in [0, 0.1) is 0 Å². The van der Waals surface area contributed by atoms with Crippen LogP contribution in [0.4, 0.5) is 0 Å². The van der Waals surface area contributed by atoms with Gasteiger partial charge in [0.1, 0.15) is 0 Å². The molecule has 70 valence electrons. The topological polar surface area (TPSA) is 29.5 Å². The van der Waals surface area contributed by atoms with E-state index >= 15 is 0 Å². The molecule has 1 aliphatic heterocycles. The lowest BCUT2D eigenvalue weighted by Crippen LogP contribution is -2.35. The van der Waals surface area contributed by atoms with E-state index in [2.05, 4.69) is 0 Å². The molecule has 0 aromatic carbocycles. The average Bonchev–Trinajstić information content (AvgIpc) is 2.21. The zero-order valence-corrected chi connectivity index (χ0v) is 7.76. The van der Waals surface area contributed by atoms with Crippen LogP contribution in [0.5, 0.6) is 0 Å². The second kappa shape index (κ2) is 3.05. The van der Waals surface area contributed by atoms with E-state index in [1.54, 1.807) is 11.8 Å². The number of hydrogen-bond acceptors (Lipinski definition) is 2. The fraction of sp³-hybridized carbons (Fsp3) is 0.889. The number of nitrogens with zero attached hydrogens (tertiary/aromatic N) is 1. The molecule has 1 saturated heterocycles. The van der Waals surface area contributed by atoms with E-state index < -0.39 is 12.6 Å². The van der Waals surface area contributed by atoms with Crippen LogP contribution in [0.25, 0.3) is 0 Å². The summed E-state index contributed by atoms with van der Waals surface area (Å²) in [4.78, 5) is 12.9. The van der Waals surface area contributed by atoms with Gasteiger partial charge in [0.25, 0.3) is 0 Å². The highest BCUT2D eigenvalue weighted by molar-refractivity contribution is 5.74. The number of amides is 1. The maximum atomic E-state index is 11.2. The second-order valence-electron chi connectivity index (χ2n) is 3.75. The van der Waals surface area contributed by atoms with Gasteiger partial charge in [-0.05, 0) is 20.3 Å². The van der Waals surface area contributed by atoms with Crippen molar-refractivity contribution in [1.29, 1.82) is 0 Å². The van der Waals surface area contributed by atoms with E-state index in [9.17, 15) is 4.79 Å². The number of hydrogen-bond donors (Lipinski definition) is 0. The maximum Gasteiger partial charge on any atom is 0.219 e. The highest BCUT2D eigenvalue weighted by Crippen LogP contribution is 2.29. The van der Waals surface area contributed by atoms with Gasteiger partial charge in [0.15, 0.2) is 0 Å². The third kappa shape index (κ3) is 1.61. The Labute approximate surface area is 77.9 Å². The summed E-state index contributed by atoms with van der Waals surface area (Å²) in [5.41, 5.74) is -0.754. The summed E-state index contributed by atoms with van der Waals surface area (Å²) >= 11 is 0. The van der Waals surface area contributed by atoms with Crippen LogP contribution in [0.15, 0.2) is 0 Å². The molecule has 0 radical (unpaired) electrons. The maximum absolute atomic E-state index is 11.2. The Bertz CT molecular complexity index is 267. The highest BCUT2D eigenvalue weighted by atomic mass is 16.5. The Morgan fingerprint density at radius 2 is 2.50 bits per heavy atom. The molecule has 3 heteroatoms. The minimum atomic E-state index is -2.40. The van der Waals surface area contributed by atoms with Crippen LogP contribution in [0.1, 0.15) is 31.3 Å². The van der Waals surface area contributed by atoms with E-state index in [1.807, 2.05) is 6.92 Å². The summed E-state index contributed by atoms with van der Waals surface area (Å²) in [6.07, 6.45) is 0.560. The molecule has 0 spiro atoms. The molecule has 2 atom stereocenters. The summed E-state index contributed by atoms with van der Waals surface area (Å²) in [6.45, 7) is 5.47. The minimum absolute atomic E-state index is 0.0369. The molecule has 0 aliphatic carbocycles. The number of carbonyl (C=O) groups excluding carboxylic acids is 1. The molecule has 0 bridgehead atoms. The van der Waals surface area contributed by atoms with Gasteiger partial charge < -0.3 is 9.64 Å². The van der Waals surface area contributed by atoms with Crippen molar-refractivity contribution in [1.82, 2.24) is 4.90 Å². The van der Waals surface area contributed by atoms with Crippen molar-refractivity contribution in [2.45, 2.75) is 38.8 Å². The number of carbonyl (C=O) groups is 1. The molecule has 1 unspecified atom stereocenters. The standard InChI is InChI=1S/C9H17NO2/c1-7-5-9(3,12-4)6-10(7)8(2)11/h7H,5-6H2,1-4H3/t7-,9?/m0/s1/i4D3. The second-order valence-corrected chi connectivity index (χ2v) is 3.75. The number of likely N-dealkylation sites (tertiary alicyclic amines) is 1. The van der Waals surface area contributed by atoms with Crippen LogP contribution < -0.4 is 0 Å². The molecule has 0 aromatic heterocycles.